The van der Waals surface area contributed by atoms with Gasteiger partial charge in [0.15, 0.2) is 0 Å². The van der Waals surface area contributed by atoms with Gasteiger partial charge in [-0.25, -0.2) is 4.98 Å². The van der Waals surface area contributed by atoms with E-state index in [0.29, 0.717) is 0 Å². The van der Waals surface area contributed by atoms with Gasteiger partial charge in [0.05, 0.1) is 0 Å². The molecule has 88 valence electrons. The van der Waals surface area contributed by atoms with Crippen LogP contribution in [-0.4, -0.2) is 14.4 Å². The SMILES string of the molecule is Cc1ccc2c(c1)[nH]c1c2nc2ccc(C)cn21. The average molecular weight is 235 g/mol. The van der Waals surface area contributed by atoms with Crippen molar-refractivity contribution in [3.63, 3.8) is 0 Å². The minimum absolute atomic E-state index is 0.990. The molecule has 0 unspecified atom stereocenters. The topological polar surface area (TPSA) is 33.1 Å². The zero-order valence-electron chi connectivity index (χ0n) is 10.4. The first-order valence-electron chi connectivity index (χ1n) is 6.09. The second kappa shape index (κ2) is 3.13. The van der Waals surface area contributed by atoms with E-state index in [1.807, 2.05) is 0 Å². The van der Waals surface area contributed by atoms with Gasteiger partial charge in [0.1, 0.15) is 16.8 Å². The highest BCUT2D eigenvalue weighted by molar-refractivity contribution is 6.05. The predicted octanol–water partition coefficient (Wildman–Crippen LogP) is 3.59. The Labute approximate surface area is 104 Å². The summed E-state index contributed by atoms with van der Waals surface area (Å²) in [5.74, 6) is 0. The third-order valence-electron chi connectivity index (χ3n) is 3.45. The molecule has 0 saturated carbocycles. The van der Waals surface area contributed by atoms with Crippen molar-refractivity contribution in [2.45, 2.75) is 13.8 Å². The number of pyridine rings is 1. The lowest BCUT2D eigenvalue weighted by Crippen LogP contribution is -1.86. The maximum atomic E-state index is 4.71. The largest absolute Gasteiger partial charge is 0.339 e. The monoisotopic (exact) mass is 235 g/mol. The Morgan fingerprint density at radius 2 is 1.89 bits per heavy atom. The normalized spacial score (nSPS) is 11.9. The number of fused-ring (bicyclic) bond motifs is 5. The van der Waals surface area contributed by atoms with Crippen molar-refractivity contribution in [1.29, 1.82) is 0 Å². The molecule has 0 atom stereocenters. The van der Waals surface area contributed by atoms with Gasteiger partial charge in [-0.3, -0.25) is 4.40 Å². The summed E-state index contributed by atoms with van der Waals surface area (Å²) in [5, 5.41) is 1.19. The Balaban J connectivity index is 2.25. The maximum absolute atomic E-state index is 4.71. The number of imidazole rings is 1. The van der Waals surface area contributed by atoms with Crippen molar-refractivity contribution in [2.75, 3.05) is 0 Å². The van der Waals surface area contributed by atoms with Crippen LogP contribution in [0.3, 0.4) is 0 Å². The highest BCUT2D eigenvalue weighted by atomic mass is 15.1. The fraction of sp³-hybridized carbons (Fsp3) is 0.133. The van der Waals surface area contributed by atoms with E-state index in [9.17, 15) is 0 Å². The highest BCUT2D eigenvalue weighted by Crippen LogP contribution is 2.26. The number of hydrogen-bond donors (Lipinski definition) is 1. The highest BCUT2D eigenvalue weighted by Gasteiger charge is 2.10. The van der Waals surface area contributed by atoms with Crippen LogP contribution in [0.4, 0.5) is 0 Å². The molecule has 0 aliphatic carbocycles. The molecular formula is C15H13N3. The molecule has 3 nitrogen and oxygen atoms in total. The summed E-state index contributed by atoms with van der Waals surface area (Å²) < 4.78 is 2.12. The molecule has 1 aromatic carbocycles. The molecule has 1 N–H and O–H groups in total. The van der Waals surface area contributed by atoms with Crippen LogP contribution in [0.15, 0.2) is 36.5 Å². The number of H-pyrrole nitrogens is 1. The third kappa shape index (κ3) is 1.16. The molecule has 0 aliphatic rings. The minimum Gasteiger partial charge on any atom is -0.339 e. The maximum Gasteiger partial charge on any atom is 0.143 e. The van der Waals surface area contributed by atoms with Gasteiger partial charge in [-0.2, -0.15) is 0 Å². The van der Waals surface area contributed by atoms with E-state index in [2.05, 4.69) is 59.8 Å². The van der Waals surface area contributed by atoms with Crippen molar-refractivity contribution in [2.24, 2.45) is 0 Å². The van der Waals surface area contributed by atoms with Crippen LogP contribution in [0.2, 0.25) is 0 Å². The van der Waals surface area contributed by atoms with Crippen LogP contribution >= 0.6 is 0 Å². The van der Waals surface area contributed by atoms with Crippen molar-refractivity contribution in [1.82, 2.24) is 14.4 Å². The molecule has 3 heteroatoms. The van der Waals surface area contributed by atoms with Crippen LogP contribution < -0.4 is 0 Å². The molecule has 18 heavy (non-hydrogen) atoms. The zero-order valence-corrected chi connectivity index (χ0v) is 10.4. The Morgan fingerprint density at radius 3 is 2.78 bits per heavy atom. The Hall–Kier alpha value is -2.29. The molecule has 4 rings (SSSR count). The summed E-state index contributed by atoms with van der Waals surface area (Å²) in [6, 6.07) is 10.6. The third-order valence-corrected chi connectivity index (χ3v) is 3.45. The van der Waals surface area contributed by atoms with Crippen LogP contribution in [0.5, 0.6) is 0 Å². The van der Waals surface area contributed by atoms with Gasteiger partial charge in [-0.15, -0.1) is 0 Å². The fourth-order valence-electron chi connectivity index (χ4n) is 2.55. The Kier molecular flexibility index (Phi) is 1.69. The molecule has 0 aliphatic heterocycles. The summed E-state index contributed by atoms with van der Waals surface area (Å²) in [7, 11) is 0. The summed E-state index contributed by atoms with van der Waals surface area (Å²) in [5.41, 5.74) is 6.77. The Bertz CT molecular complexity index is 896. The molecule has 0 fully saturated rings. The quantitative estimate of drug-likeness (QED) is 0.496. The lowest BCUT2D eigenvalue weighted by atomic mass is 10.2. The van der Waals surface area contributed by atoms with Crippen molar-refractivity contribution < 1.29 is 0 Å². The number of hydrogen-bond acceptors (Lipinski definition) is 1. The lowest BCUT2D eigenvalue weighted by Gasteiger charge is -1.96. The van der Waals surface area contributed by atoms with E-state index in [1.165, 1.54) is 16.5 Å². The van der Waals surface area contributed by atoms with E-state index in [4.69, 9.17) is 4.98 Å². The molecule has 0 radical (unpaired) electrons. The van der Waals surface area contributed by atoms with Crippen LogP contribution in [0.1, 0.15) is 11.1 Å². The second-order valence-corrected chi connectivity index (χ2v) is 4.92. The van der Waals surface area contributed by atoms with Crippen molar-refractivity contribution in [3.05, 3.63) is 47.7 Å². The lowest BCUT2D eigenvalue weighted by molar-refractivity contribution is 1.17. The zero-order chi connectivity index (χ0) is 12.3. The van der Waals surface area contributed by atoms with E-state index in [0.717, 1.165) is 22.3 Å². The summed E-state index contributed by atoms with van der Waals surface area (Å²) >= 11 is 0. The molecule has 0 saturated heterocycles. The molecule has 4 aromatic rings. The summed E-state index contributed by atoms with van der Waals surface area (Å²) in [4.78, 5) is 8.18. The van der Waals surface area contributed by atoms with Gasteiger partial charge in [-0.1, -0.05) is 18.2 Å². The molecule has 0 spiro atoms. The molecule has 3 heterocycles. The second-order valence-electron chi connectivity index (χ2n) is 4.92. The van der Waals surface area contributed by atoms with E-state index >= 15 is 0 Å². The van der Waals surface area contributed by atoms with Crippen LogP contribution in [0.25, 0.3) is 27.7 Å². The molecule has 0 amide bonds. The molecule has 3 aromatic heterocycles. The van der Waals surface area contributed by atoms with Gasteiger partial charge in [-0.05, 0) is 37.1 Å². The van der Waals surface area contributed by atoms with Gasteiger partial charge in [0.2, 0.25) is 0 Å². The number of aromatic nitrogens is 3. The number of nitrogens with zero attached hydrogens (tertiary/aromatic N) is 2. The van der Waals surface area contributed by atoms with Crippen molar-refractivity contribution >= 4 is 27.7 Å². The fourth-order valence-corrected chi connectivity index (χ4v) is 2.55. The van der Waals surface area contributed by atoms with Crippen LogP contribution in [-0.2, 0) is 0 Å². The summed E-state index contributed by atoms with van der Waals surface area (Å²) in [6.07, 6.45) is 2.12. The molecule has 0 bridgehead atoms. The van der Waals surface area contributed by atoms with Gasteiger partial charge in [0, 0.05) is 17.1 Å². The predicted molar refractivity (Wildman–Crippen MR) is 74.0 cm³/mol. The van der Waals surface area contributed by atoms with Gasteiger partial charge in [0.25, 0.3) is 0 Å². The molecular weight excluding hydrogens is 222 g/mol. The number of nitrogens with one attached hydrogen (secondary N) is 1. The van der Waals surface area contributed by atoms with Gasteiger partial charge < -0.3 is 4.98 Å². The first kappa shape index (κ1) is 9.71. The Morgan fingerprint density at radius 1 is 1.06 bits per heavy atom. The number of aryl methyl sites for hydroxylation is 2. The van der Waals surface area contributed by atoms with Crippen LogP contribution in [0, 0.1) is 13.8 Å². The average Bonchev–Trinajstić information content (AvgIpc) is 2.84. The minimum atomic E-state index is 0.990. The number of aromatic amines is 1. The number of benzene rings is 1. The van der Waals surface area contributed by atoms with Crippen molar-refractivity contribution in [3.8, 4) is 0 Å². The number of rotatable bonds is 0. The standard InChI is InChI=1S/C15H13N3/c1-9-3-5-11-12(7-9)16-15-14(11)17-13-6-4-10(2)8-18(13)15/h3-8,16H,1-2H3. The summed E-state index contributed by atoms with van der Waals surface area (Å²) in [6.45, 7) is 4.20. The van der Waals surface area contributed by atoms with E-state index in [1.54, 1.807) is 0 Å². The first-order chi connectivity index (χ1) is 8.72. The van der Waals surface area contributed by atoms with E-state index < -0.39 is 0 Å². The van der Waals surface area contributed by atoms with Gasteiger partial charge >= 0.3 is 0 Å². The first-order valence-corrected chi connectivity index (χ1v) is 6.09. The van der Waals surface area contributed by atoms with E-state index in [-0.39, 0.29) is 0 Å². The smallest absolute Gasteiger partial charge is 0.143 e.